The molecule has 0 saturated carbocycles. The number of para-hydroxylation sites is 1. The Morgan fingerprint density at radius 3 is 2.52 bits per heavy atom. The summed E-state index contributed by atoms with van der Waals surface area (Å²) in [6.45, 7) is 2.77. The van der Waals surface area contributed by atoms with Gasteiger partial charge in [-0.2, -0.15) is 0 Å². The number of esters is 1. The van der Waals surface area contributed by atoms with Gasteiger partial charge in [0.2, 0.25) is 0 Å². The molecule has 1 amide bonds. The minimum atomic E-state index is -0.632. The lowest BCUT2D eigenvalue weighted by Gasteiger charge is -2.09. The van der Waals surface area contributed by atoms with E-state index in [1.54, 1.807) is 43.3 Å². The molecule has 0 fully saturated rings. The van der Waals surface area contributed by atoms with Gasteiger partial charge in [-0.25, -0.2) is 4.79 Å². The van der Waals surface area contributed by atoms with E-state index in [0.717, 1.165) is 5.69 Å². The summed E-state index contributed by atoms with van der Waals surface area (Å²) in [6.07, 6.45) is 1.39. The molecule has 0 spiro atoms. The Labute approximate surface area is 133 Å². The van der Waals surface area contributed by atoms with Crippen LogP contribution in [0.25, 0.3) is 0 Å². The fraction of sp³-hybridized carbons (Fsp3) is 0.176. The number of Topliss-reactive ketones (excluding diaryl/α,β-unsaturated/α-hetero) is 1. The topological polar surface area (TPSA) is 85.4 Å². The van der Waals surface area contributed by atoms with Crippen molar-refractivity contribution in [2.45, 2.75) is 13.8 Å². The van der Waals surface area contributed by atoms with Crippen LogP contribution in [0.1, 0.15) is 33.3 Å². The van der Waals surface area contributed by atoms with E-state index in [-0.39, 0.29) is 11.3 Å². The number of hydrogen-bond acceptors (Lipinski definition) is 5. The number of rotatable bonds is 5. The van der Waals surface area contributed by atoms with Crippen LogP contribution in [0.5, 0.6) is 0 Å². The quantitative estimate of drug-likeness (QED) is 0.677. The predicted molar refractivity (Wildman–Crippen MR) is 84.3 cm³/mol. The summed E-state index contributed by atoms with van der Waals surface area (Å²) in [6, 6.07) is 9.89. The molecule has 0 aliphatic carbocycles. The fourth-order valence-electron chi connectivity index (χ4n) is 1.89. The van der Waals surface area contributed by atoms with Gasteiger partial charge in [0.25, 0.3) is 5.91 Å². The number of hydrogen-bond donors (Lipinski definition) is 1. The Bertz CT molecular complexity index is 739. The molecular weight excluding hydrogens is 296 g/mol. The molecule has 0 radical (unpaired) electrons. The molecule has 2 aromatic rings. The summed E-state index contributed by atoms with van der Waals surface area (Å²) in [4.78, 5) is 39.1. The lowest BCUT2D eigenvalue weighted by atomic mass is 10.1. The summed E-state index contributed by atoms with van der Waals surface area (Å²) in [7, 11) is 0. The maximum Gasteiger partial charge on any atom is 0.340 e. The molecule has 0 aliphatic rings. The van der Waals surface area contributed by atoms with Crippen LogP contribution in [0.3, 0.4) is 0 Å². The molecule has 118 valence electrons. The van der Waals surface area contributed by atoms with E-state index in [2.05, 4.69) is 10.3 Å². The molecule has 23 heavy (non-hydrogen) atoms. The number of nitrogens with zero attached hydrogens (tertiary/aromatic N) is 1. The molecule has 2 rings (SSSR count). The second-order valence-electron chi connectivity index (χ2n) is 4.91. The van der Waals surface area contributed by atoms with Crippen LogP contribution in [0.4, 0.5) is 5.69 Å². The number of nitrogens with one attached hydrogen (secondary N) is 1. The van der Waals surface area contributed by atoms with E-state index in [1.165, 1.54) is 13.1 Å². The molecule has 1 aromatic heterocycles. The Balaban J connectivity index is 1.94. The maximum atomic E-state index is 11.9. The van der Waals surface area contributed by atoms with Gasteiger partial charge < -0.3 is 10.1 Å². The Morgan fingerprint density at radius 2 is 1.87 bits per heavy atom. The Kier molecular flexibility index (Phi) is 5.19. The smallest absolute Gasteiger partial charge is 0.340 e. The number of aryl methyl sites for hydroxylation is 1. The van der Waals surface area contributed by atoms with E-state index in [1.807, 2.05) is 0 Å². The van der Waals surface area contributed by atoms with Gasteiger partial charge in [-0.15, -0.1) is 0 Å². The highest BCUT2D eigenvalue weighted by atomic mass is 16.5. The van der Waals surface area contributed by atoms with Crippen LogP contribution < -0.4 is 5.32 Å². The van der Waals surface area contributed by atoms with Crippen molar-refractivity contribution in [1.29, 1.82) is 0 Å². The maximum absolute atomic E-state index is 11.9. The van der Waals surface area contributed by atoms with E-state index in [0.29, 0.717) is 11.3 Å². The van der Waals surface area contributed by atoms with Crippen molar-refractivity contribution in [2.24, 2.45) is 0 Å². The van der Waals surface area contributed by atoms with Crippen LogP contribution in [-0.2, 0) is 9.53 Å². The number of carbonyl (C=O) groups excluding carboxylic acids is 3. The van der Waals surface area contributed by atoms with Crippen molar-refractivity contribution in [1.82, 2.24) is 4.98 Å². The monoisotopic (exact) mass is 312 g/mol. The third-order valence-corrected chi connectivity index (χ3v) is 3.06. The van der Waals surface area contributed by atoms with E-state index < -0.39 is 18.5 Å². The minimum Gasteiger partial charge on any atom is -0.452 e. The summed E-state index contributed by atoms with van der Waals surface area (Å²) >= 11 is 0. The van der Waals surface area contributed by atoms with Gasteiger partial charge in [-0.1, -0.05) is 12.1 Å². The number of ether oxygens (including phenoxy) is 1. The highest BCUT2D eigenvalue weighted by Crippen LogP contribution is 2.15. The van der Waals surface area contributed by atoms with Gasteiger partial charge in [0.15, 0.2) is 12.4 Å². The van der Waals surface area contributed by atoms with Crippen LogP contribution in [0, 0.1) is 6.92 Å². The van der Waals surface area contributed by atoms with E-state index >= 15 is 0 Å². The molecule has 6 nitrogen and oxygen atoms in total. The van der Waals surface area contributed by atoms with Gasteiger partial charge >= 0.3 is 5.97 Å². The largest absolute Gasteiger partial charge is 0.452 e. The van der Waals surface area contributed by atoms with Crippen molar-refractivity contribution < 1.29 is 19.1 Å². The molecule has 0 atom stereocenters. The summed E-state index contributed by atoms with van der Waals surface area (Å²) in [5.74, 6) is -1.32. The molecule has 0 bridgehead atoms. The van der Waals surface area contributed by atoms with E-state index in [9.17, 15) is 14.4 Å². The van der Waals surface area contributed by atoms with Gasteiger partial charge in [0.05, 0.1) is 11.3 Å². The Morgan fingerprint density at radius 1 is 1.13 bits per heavy atom. The van der Waals surface area contributed by atoms with Gasteiger partial charge in [-0.3, -0.25) is 14.6 Å². The summed E-state index contributed by atoms with van der Waals surface area (Å²) in [5, 5.41) is 2.56. The third kappa shape index (κ3) is 4.47. The SMILES string of the molecule is CC(=O)c1ccccc1NC(=O)COC(=O)c1ccc(C)nc1. The van der Waals surface area contributed by atoms with Crippen molar-refractivity contribution >= 4 is 23.3 Å². The third-order valence-electron chi connectivity index (χ3n) is 3.06. The van der Waals surface area contributed by atoms with Gasteiger partial charge in [0.1, 0.15) is 0 Å². The molecule has 6 heteroatoms. The molecule has 0 aliphatic heterocycles. The van der Waals surface area contributed by atoms with Crippen LogP contribution in [-0.4, -0.2) is 29.3 Å². The number of benzene rings is 1. The van der Waals surface area contributed by atoms with Crippen molar-refractivity contribution in [3.63, 3.8) is 0 Å². The Hall–Kier alpha value is -3.02. The lowest BCUT2D eigenvalue weighted by Crippen LogP contribution is -2.22. The van der Waals surface area contributed by atoms with Crippen LogP contribution >= 0.6 is 0 Å². The fourth-order valence-corrected chi connectivity index (χ4v) is 1.89. The minimum absolute atomic E-state index is 0.163. The highest BCUT2D eigenvalue weighted by molar-refractivity contribution is 6.04. The number of carbonyl (C=O) groups is 3. The first kappa shape index (κ1) is 16.4. The standard InChI is InChI=1S/C17H16N2O4/c1-11-7-8-13(9-18-11)17(22)23-10-16(21)19-15-6-4-3-5-14(15)12(2)20/h3-9H,10H2,1-2H3,(H,19,21). The zero-order valence-electron chi connectivity index (χ0n) is 12.8. The first-order valence-corrected chi connectivity index (χ1v) is 6.97. The molecule has 1 N–H and O–H groups in total. The second kappa shape index (κ2) is 7.31. The van der Waals surface area contributed by atoms with E-state index in [4.69, 9.17) is 4.74 Å². The predicted octanol–water partition coefficient (Wildman–Crippen LogP) is 2.39. The first-order valence-electron chi connectivity index (χ1n) is 6.97. The normalized spacial score (nSPS) is 10.0. The van der Waals surface area contributed by atoms with Crippen LogP contribution in [0.2, 0.25) is 0 Å². The summed E-state index contributed by atoms with van der Waals surface area (Å²) < 4.78 is 4.93. The second-order valence-corrected chi connectivity index (χ2v) is 4.91. The van der Waals surface area contributed by atoms with Crippen molar-refractivity contribution in [3.8, 4) is 0 Å². The molecule has 0 unspecified atom stereocenters. The first-order chi connectivity index (χ1) is 11.0. The zero-order valence-corrected chi connectivity index (χ0v) is 12.8. The average Bonchev–Trinajstić information content (AvgIpc) is 2.53. The molecule has 1 heterocycles. The number of amides is 1. The number of anilines is 1. The molecular formula is C17H16N2O4. The van der Waals surface area contributed by atoms with Crippen LogP contribution in [0.15, 0.2) is 42.6 Å². The summed E-state index contributed by atoms with van der Waals surface area (Å²) in [5.41, 5.74) is 1.83. The molecule has 1 aromatic carbocycles. The van der Waals surface area contributed by atoms with Gasteiger partial charge in [0, 0.05) is 17.5 Å². The zero-order chi connectivity index (χ0) is 16.8. The number of ketones is 1. The highest BCUT2D eigenvalue weighted by Gasteiger charge is 2.13. The average molecular weight is 312 g/mol. The van der Waals surface area contributed by atoms with Gasteiger partial charge in [-0.05, 0) is 38.1 Å². The number of pyridine rings is 1. The van der Waals surface area contributed by atoms with Crippen molar-refractivity contribution in [3.05, 3.63) is 59.4 Å². The molecule has 0 saturated heterocycles. The van der Waals surface area contributed by atoms with Crippen molar-refractivity contribution in [2.75, 3.05) is 11.9 Å². The lowest BCUT2D eigenvalue weighted by molar-refractivity contribution is -0.119. The number of aromatic nitrogens is 1.